The fraction of sp³-hybridized carbons (Fsp3) is 0.435. The van der Waals surface area contributed by atoms with Gasteiger partial charge in [-0.15, -0.1) is 11.8 Å². The van der Waals surface area contributed by atoms with Crippen molar-refractivity contribution in [2.24, 2.45) is 5.10 Å². The van der Waals surface area contributed by atoms with Crippen LogP contribution in [-0.2, 0) is 9.47 Å². The predicted octanol–water partition coefficient (Wildman–Crippen LogP) is 3.18. The molecule has 7 heteroatoms. The molecule has 1 saturated heterocycles. The lowest BCUT2D eigenvalue weighted by Gasteiger charge is -2.27. The van der Waals surface area contributed by atoms with E-state index in [1.54, 1.807) is 6.21 Å². The number of aromatic nitrogens is 2. The molecule has 2 aliphatic rings. The molecule has 0 unspecified atom stereocenters. The maximum absolute atomic E-state index is 5.37. The summed E-state index contributed by atoms with van der Waals surface area (Å²) >= 11 is 0. The molecule has 1 aromatic carbocycles. The van der Waals surface area contributed by atoms with Crippen LogP contribution in [0.25, 0.3) is 0 Å². The third-order valence-electron chi connectivity index (χ3n) is 4.44. The Morgan fingerprint density at radius 1 is 1.00 bits per heavy atom. The van der Waals surface area contributed by atoms with Crippen molar-refractivity contribution in [3.8, 4) is 11.8 Å². The van der Waals surface area contributed by atoms with Crippen LogP contribution in [0.5, 0.6) is 0 Å². The maximum Gasteiger partial charge on any atom is 0.227 e. The van der Waals surface area contributed by atoms with Gasteiger partial charge in [0.25, 0.3) is 0 Å². The SMILES string of the molecule is C1#CCCOCC1.Cc1cccc(/C=N/Nc2cc(C)nc(N3CCOCC3)n2)c1. The maximum atomic E-state index is 5.37. The molecular weight excluding hydrogens is 378 g/mol. The molecule has 3 heterocycles. The standard InChI is InChI=1S/C17H21N5O.C6H8O/c1-13-4-3-5-15(10-13)12-18-21-16-11-14(2)19-17(20-16)22-6-8-23-9-7-22;1-2-4-6-7-5-3-1/h3-5,10-12H,6-9H2,1-2H3,(H,19,20,21);3-6H2/b18-12+;. The van der Waals surface area contributed by atoms with E-state index in [1.807, 2.05) is 25.1 Å². The van der Waals surface area contributed by atoms with Gasteiger partial charge in [0.15, 0.2) is 5.82 Å². The normalized spacial score (nSPS) is 16.1. The largest absolute Gasteiger partial charge is 0.379 e. The second-order valence-corrected chi connectivity index (χ2v) is 7.04. The number of anilines is 2. The molecule has 158 valence electrons. The van der Waals surface area contributed by atoms with Gasteiger partial charge in [0, 0.05) is 37.7 Å². The van der Waals surface area contributed by atoms with Crippen molar-refractivity contribution in [2.75, 3.05) is 49.8 Å². The highest BCUT2D eigenvalue weighted by Crippen LogP contribution is 2.15. The number of nitrogens with one attached hydrogen (secondary N) is 1. The van der Waals surface area contributed by atoms with E-state index in [2.05, 4.69) is 56.3 Å². The van der Waals surface area contributed by atoms with Crippen LogP contribution in [0.4, 0.5) is 11.8 Å². The number of hydrogen-bond donors (Lipinski definition) is 1. The van der Waals surface area contributed by atoms with Crippen molar-refractivity contribution in [1.82, 2.24) is 9.97 Å². The Morgan fingerprint density at radius 2 is 1.73 bits per heavy atom. The monoisotopic (exact) mass is 407 g/mol. The van der Waals surface area contributed by atoms with Gasteiger partial charge in [-0.1, -0.05) is 29.8 Å². The van der Waals surface area contributed by atoms with E-state index in [9.17, 15) is 0 Å². The van der Waals surface area contributed by atoms with E-state index in [0.717, 1.165) is 56.4 Å². The van der Waals surface area contributed by atoms with E-state index in [-0.39, 0.29) is 0 Å². The summed E-state index contributed by atoms with van der Waals surface area (Å²) in [5.41, 5.74) is 6.17. The van der Waals surface area contributed by atoms with E-state index >= 15 is 0 Å². The van der Waals surface area contributed by atoms with Crippen LogP contribution >= 0.6 is 0 Å². The molecule has 1 fully saturated rings. The molecule has 0 spiro atoms. The van der Waals surface area contributed by atoms with E-state index in [0.29, 0.717) is 19.0 Å². The Bertz CT molecular complexity index is 888. The van der Waals surface area contributed by atoms with Gasteiger partial charge in [-0.25, -0.2) is 4.98 Å². The Morgan fingerprint density at radius 3 is 2.47 bits per heavy atom. The minimum atomic E-state index is 0.697. The Labute approximate surface area is 178 Å². The van der Waals surface area contributed by atoms with Crippen molar-refractivity contribution in [3.63, 3.8) is 0 Å². The topological polar surface area (TPSA) is 71.9 Å². The van der Waals surface area contributed by atoms with Gasteiger partial charge in [0.05, 0.1) is 32.6 Å². The molecule has 4 rings (SSSR count). The molecule has 1 aromatic heterocycles. The number of morpholine rings is 1. The Kier molecular flexibility index (Phi) is 8.63. The van der Waals surface area contributed by atoms with Gasteiger partial charge in [0.2, 0.25) is 5.95 Å². The molecule has 1 N–H and O–H groups in total. The molecule has 0 radical (unpaired) electrons. The van der Waals surface area contributed by atoms with Gasteiger partial charge in [0.1, 0.15) is 0 Å². The first kappa shape index (κ1) is 21.8. The van der Waals surface area contributed by atoms with Gasteiger partial charge >= 0.3 is 0 Å². The lowest BCUT2D eigenvalue weighted by Crippen LogP contribution is -2.37. The highest BCUT2D eigenvalue weighted by Gasteiger charge is 2.14. The summed E-state index contributed by atoms with van der Waals surface area (Å²) in [4.78, 5) is 11.2. The lowest BCUT2D eigenvalue weighted by molar-refractivity contribution is 0.122. The van der Waals surface area contributed by atoms with E-state index < -0.39 is 0 Å². The number of benzene rings is 1. The van der Waals surface area contributed by atoms with E-state index in [1.165, 1.54) is 5.56 Å². The zero-order chi connectivity index (χ0) is 21.0. The number of hydrazone groups is 1. The number of ether oxygens (including phenoxy) is 2. The Balaban J connectivity index is 0.000000310. The molecule has 30 heavy (non-hydrogen) atoms. The average Bonchev–Trinajstić information content (AvgIpc) is 3.08. The first-order valence-electron chi connectivity index (χ1n) is 10.3. The number of nitrogens with zero attached hydrogens (tertiary/aromatic N) is 4. The van der Waals surface area contributed by atoms with Gasteiger partial charge in [-0.3, -0.25) is 5.43 Å². The molecule has 0 atom stereocenters. The first-order chi connectivity index (χ1) is 14.7. The molecule has 2 aliphatic heterocycles. The second kappa shape index (κ2) is 11.9. The molecule has 0 saturated carbocycles. The first-order valence-corrected chi connectivity index (χ1v) is 10.3. The molecular formula is C23H29N5O2. The molecule has 2 aromatic rings. The minimum absolute atomic E-state index is 0.697. The second-order valence-electron chi connectivity index (χ2n) is 7.04. The zero-order valence-electron chi connectivity index (χ0n) is 17.7. The number of aryl methyl sites for hydroxylation is 2. The van der Waals surface area contributed by atoms with Crippen molar-refractivity contribution in [1.29, 1.82) is 0 Å². The third-order valence-corrected chi connectivity index (χ3v) is 4.44. The Hall–Kier alpha value is -2.95. The van der Waals surface area contributed by atoms with Crippen molar-refractivity contribution < 1.29 is 9.47 Å². The van der Waals surface area contributed by atoms with Crippen LogP contribution in [0.1, 0.15) is 29.7 Å². The molecule has 0 amide bonds. The quantitative estimate of drug-likeness (QED) is 0.477. The van der Waals surface area contributed by atoms with Crippen LogP contribution in [0.3, 0.4) is 0 Å². The van der Waals surface area contributed by atoms with Crippen LogP contribution in [0, 0.1) is 25.7 Å². The fourth-order valence-electron chi connectivity index (χ4n) is 2.96. The van der Waals surface area contributed by atoms with Crippen LogP contribution in [-0.4, -0.2) is 55.7 Å². The lowest BCUT2D eigenvalue weighted by atomic mass is 10.2. The summed E-state index contributed by atoms with van der Waals surface area (Å²) in [7, 11) is 0. The number of hydrogen-bond acceptors (Lipinski definition) is 7. The summed E-state index contributed by atoms with van der Waals surface area (Å²) in [6, 6.07) is 10.1. The summed E-state index contributed by atoms with van der Waals surface area (Å²) in [5.74, 6) is 7.37. The van der Waals surface area contributed by atoms with Gasteiger partial charge < -0.3 is 14.4 Å². The van der Waals surface area contributed by atoms with Gasteiger partial charge in [-0.05, 0) is 19.4 Å². The van der Waals surface area contributed by atoms with Crippen LogP contribution < -0.4 is 10.3 Å². The molecule has 0 bridgehead atoms. The minimum Gasteiger partial charge on any atom is -0.379 e. The third kappa shape index (κ3) is 7.47. The summed E-state index contributed by atoms with van der Waals surface area (Å²) in [5, 5.41) is 4.27. The fourth-order valence-corrected chi connectivity index (χ4v) is 2.96. The summed E-state index contributed by atoms with van der Waals surface area (Å²) in [6.45, 7) is 8.73. The van der Waals surface area contributed by atoms with Crippen molar-refractivity contribution in [2.45, 2.75) is 26.7 Å². The summed E-state index contributed by atoms with van der Waals surface area (Å²) in [6.07, 6.45) is 3.62. The molecule has 0 aliphatic carbocycles. The molecule has 7 nitrogen and oxygen atoms in total. The van der Waals surface area contributed by atoms with Gasteiger partial charge in [-0.2, -0.15) is 10.1 Å². The highest BCUT2D eigenvalue weighted by atomic mass is 16.5. The number of rotatable bonds is 4. The highest BCUT2D eigenvalue weighted by molar-refractivity contribution is 5.80. The zero-order valence-corrected chi connectivity index (χ0v) is 17.7. The summed E-state index contributed by atoms with van der Waals surface area (Å²) < 4.78 is 10.4. The van der Waals surface area contributed by atoms with Crippen molar-refractivity contribution in [3.05, 3.63) is 47.2 Å². The average molecular weight is 408 g/mol. The van der Waals surface area contributed by atoms with E-state index in [4.69, 9.17) is 9.47 Å². The van der Waals surface area contributed by atoms with Crippen LogP contribution in [0.15, 0.2) is 35.4 Å². The van der Waals surface area contributed by atoms with Crippen molar-refractivity contribution >= 4 is 18.0 Å². The smallest absolute Gasteiger partial charge is 0.227 e. The van der Waals surface area contributed by atoms with Crippen LogP contribution in [0.2, 0.25) is 0 Å². The predicted molar refractivity (Wildman–Crippen MR) is 120 cm³/mol.